The highest BCUT2D eigenvalue weighted by Gasteiger charge is 2.29. The van der Waals surface area contributed by atoms with Gasteiger partial charge in [0.05, 0.1) is 0 Å². The maximum Gasteiger partial charge on any atom is 0.272 e. The van der Waals surface area contributed by atoms with E-state index in [-0.39, 0.29) is 5.91 Å². The zero-order valence-corrected chi connectivity index (χ0v) is 14.7. The number of thiocarbonyl (C=S) groups is 1. The van der Waals surface area contributed by atoms with Crippen molar-refractivity contribution >= 4 is 23.2 Å². The minimum absolute atomic E-state index is 0.0194. The van der Waals surface area contributed by atoms with Gasteiger partial charge in [0.15, 0.2) is 5.11 Å². The molecular formula is C18H24N4OS. The van der Waals surface area contributed by atoms with E-state index in [2.05, 4.69) is 16.4 Å². The summed E-state index contributed by atoms with van der Waals surface area (Å²) in [5, 5.41) is 7.60. The molecule has 6 heteroatoms. The molecule has 0 atom stereocenters. The minimum Gasteiger partial charge on any atom is -0.361 e. The Morgan fingerprint density at radius 2 is 1.96 bits per heavy atom. The molecule has 128 valence electrons. The van der Waals surface area contributed by atoms with Crippen LogP contribution < -0.4 is 5.32 Å². The van der Waals surface area contributed by atoms with Crippen molar-refractivity contribution in [3.63, 3.8) is 0 Å². The summed E-state index contributed by atoms with van der Waals surface area (Å²) in [6.07, 6.45) is 12.7. The highest BCUT2D eigenvalue weighted by atomic mass is 32.1. The molecule has 2 heterocycles. The van der Waals surface area contributed by atoms with Gasteiger partial charge in [-0.2, -0.15) is 0 Å². The molecule has 3 rings (SSSR count). The van der Waals surface area contributed by atoms with Gasteiger partial charge in [-0.15, -0.1) is 0 Å². The molecule has 0 bridgehead atoms. The molecule has 1 fully saturated rings. The summed E-state index contributed by atoms with van der Waals surface area (Å²) >= 11 is 5.52. The molecule has 1 aromatic heterocycles. The average Bonchev–Trinajstić information content (AvgIpc) is 3.12. The average molecular weight is 344 g/mol. The van der Waals surface area contributed by atoms with Gasteiger partial charge in [-0.3, -0.25) is 14.8 Å². The third-order valence-corrected chi connectivity index (χ3v) is 4.89. The Morgan fingerprint density at radius 3 is 2.71 bits per heavy atom. The van der Waals surface area contributed by atoms with E-state index < -0.39 is 0 Å². The van der Waals surface area contributed by atoms with Crippen molar-refractivity contribution < 1.29 is 4.79 Å². The van der Waals surface area contributed by atoms with Crippen LogP contribution in [0.5, 0.6) is 0 Å². The fraction of sp³-hybridized carbons (Fsp3) is 0.500. The maximum atomic E-state index is 12.6. The maximum absolute atomic E-state index is 12.6. The molecule has 0 aromatic carbocycles. The minimum atomic E-state index is -0.0194. The van der Waals surface area contributed by atoms with Crippen molar-refractivity contribution in [1.29, 1.82) is 0 Å². The predicted molar refractivity (Wildman–Crippen MR) is 98.4 cm³/mol. The fourth-order valence-electron chi connectivity index (χ4n) is 3.23. The van der Waals surface area contributed by atoms with E-state index >= 15 is 0 Å². The van der Waals surface area contributed by atoms with Crippen LogP contribution in [0.15, 0.2) is 36.2 Å². The number of rotatable bonds is 4. The number of nitrogens with one attached hydrogen (secondary N) is 1. The standard InChI is InChI=1S/C18H24N4OS/c23-17(16-8-10-19-11-9-16)21-13-4-14-22(21)18(24)20-12-7-15-5-2-1-3-6-15/h5,8-11H,1-4,6-7,12-14H2,(H,20,24). The smallest absolute Gasteiger partial charge is 0.272 e. The normalized spacial score (nSPS) is 17.6. The van der Waals surface area contributed by atoms with Crippen LogP contribution in [0.4, 0.5) is 0 Å². The Bertz CT molecular complexity index is 617. The molecule has 0 radical (unpaired) electrons. The Kier molecular flexibility index (Phi) is 5.80. The number of hydrazine groups is 1. The molecule has 0 saturated carbocycles. The second-order valence-corrected chi connectivity index (χ2v) is 6.62. The molecule has 1 aliphatic carbocycles. The monoisotopic (exact) mass is 344 g/mol. The Labute approximate surface area is 148 Å². The van der Waals surface area contributed by atoms with Gasteiger partial charge in [0, 0.05) is 37.6 Å². The van der Waals surface area contributed by atoms with Crippen molar-refractivity contribution in [1.82, 2.24) is 20.3 Å². The lowest BCUT2D eigenvalue weighted by molar-refractivity contribution is 0.0492. The van der Waals surface area contributed by atoms with Crippen LogP contribution in [-0.4, -0.2) is 45.7 Å². The largest absolute Gasteiger partial charge is 0.361 e. The van der Waals surface area contributed by atoms with E-state index in [0.29, 0.717) is 17.2 Å². The third-order valence-electron chi connectivity index (χ3n) is 4.53. The van der Waals surface area contributed by atoms with Gasteiger partial charge in [-0.25, -0.2) is 5.01 Å². The molecule has 5 nitrogen and oxygen atoms in total. The van der Waals surface area contributed by atoms with Crippen LogP contribution in [0.25, 0.3) is 0 Å². The third kappa shape index (κ3) is 4.12. The van der Waals surface area contributed by atoms with Crippen molar-refractivity contribution in [2.45, 2.75) is 38.5 Å². The first kappa shape index (κ1) is 16.9. The number of hydrogen-bond donors (Lipinski definition) is 1. The molecule has 24 heavy (non-hydrogen) atoms. The zero-order valence-electron chi connectivity index (χ0n) is 13.9. The number of carbonyl (C=O) groups is 1. The van der Waals surface area contributed by atoms with Crippen LogP contribution >= 0.6 is 12.2 Å². The summed E-state index contributed by atoms with van der Waals surface area (Å²) in [7, 11) is 0. The first-order chi connectivity index (χ1) is 11.8. The topological polar surface area (TPSA) is 48.5 Å². The van der Waals surface area contributed by atoms with Crippen molar-refractivity contribution in [2.75, 3.05) is 19.6 Å². The highest BCUT2D eigenvalue weighted by Crippen LogP contribution is 2.20. The molecule has 0 spiro atoms. The lowest BCUT2D eigenvalue weighted by Gasteiger charge is -2.30. The number of carbonyl (C=O) groups excluding carboxylic acids is 1. The van der Waals surface area contributed by atoms with Gasteiger partial charge < -0.3 is 5.32 Å². The summed E-state index contributed by atoms with van der Waals surface area (Å²) in [6.45, 7) is 2.32. The molecule has 1 N–H and O–H groups in total. The summed E-state index contributed by atoms with van der Waals surface area (Å²) in [5.41, 5.74) is 2.18. The molecule has 1 aliphatic heterocycles. The van der Waals surface area contributed by atoms with Gasteiger partial charge in [0.2, 0.25) is 0 Å². The second kappa shape index (κ2) is 8.24. The van der Waals surface area contributed by atoms with Crippen LogP contribution in [0.2, 0.25) is 0 Å². The van der Waals surface area contributed by atoms with Crippen LogP contribution in [-0.2, 0) is 0 Å². The number of allylic oxidation sites excluding steroid dienone is 1. The van der Waals surface area contributed by atoms with Gasteiger partial charge in [0.1, 0.15) is 0 Å². The first-order valence-electron chi connectivity index (χ1n) is 8.71. The van der Waals surface area contributed by atoms with E-state index in [1.165, 1.54) is 31.3 Å². The molecule has 1 saturated heterocycles. The first-order valence-corrected chi connectivity index (χ1v) is 9.11. The lowest BCUT2D eigenvalue weighted by atomic mass is 9.97. The number of pyridine rings is 1. The van der Waals surface area contributed by atoms with E-state index in [4.69, 9.17) is 12.2 Å². The van der Waals surface area contributed by atoms with E-state index in [9.17, 15) is 4.79 Å². The molecule has 0 unspecified atom stereocenters. The molecule has 1 amide bonds. The Balaban J connectivity index is 1.53. The molecule has 1 aromatic rings. The van der Waals surface area contributed by atoms with Gasteiger partial charge in [0.25, 0.3) is 5.91 Å². The van der Waals surface area contributed by atoms with E-state index in [1.807, 2.05) is 5.01 Å². The number of nitrogens with zero attached hydrogens (tertiary/aromatic N) is 3. The summed E-state index contributed by atoms with van der Waals surface area (Å²) < 4.78 is 0. The Morgan fingerprint density at radius 1 is 1.17 bits per heavy atom. The summed E-state index contributed by atoms with van der Waals surface area (Å²) in [5.74, 6) is -0.0194. The number of amides is 1. The molecule has 2 aliphatic rings. The predicted octanol–water partition coefficient (Wildman–Crippen LogP) is 2.91. The SMILES string of the molecule is O=C(c1ccncc1)N1CCCN1C(=S)NCCC1=CCCCC1. The van der Waals surface area contributed by atoms with Crippen molar-refractivity contribution in [2.24, 2.45) is 0 Å². The zero-order chi connectivity index (χ0) is 16.8. The quantitative estimate of drug-likeness (QED) is 0.672. The van der Waals surface area contributed by atoms with E-state index in [0.717, 1.165) is 25.9 Å². The van der Waals surface area contributed by atoms with Crippen LogP contribution in [0.1, 0.15) is 48.9 Å². The fourth-order valence-corrected chi connectivity index (χ4v) is 3.52. The lowest BCUT2D eigenvalue weighted by Crippen LogP contribution is -2.49. The van der Waals surface area contributed by atoms with Gasteiger partial charge >= 0.3 is 0 Å². The van der Waals surface area contributed by atoms with Crippen molar-refractivity contribution in [3.05, 3.63) is 41.7 Å². The molecular weight excluding hydrogens is 320 g/mol. The number of hydrogen-bond acceptors (Lipinski definition) is 3. The van der Waals surface area contributed by atoms with E-state index in [1.54, 1.807) is 29.5 Å². The van der Waals surface area contributed by atoms with Crippen molar-refractivity contribution in [3.8, 4) is 0 Å². The van der Waals surface area contributed by atoms with Gasteiger partial charge in [-0.05, 0) is 62.9 Å². The van der Waals surface area contributed by atoms with Crippen LogP contribution in [0, 0.1) is 0 Å². The van der Waals surface area contributed by atoms with Crippen LogP contribution in [0.3, 0.4) is 0 Å². The highest BCUT2D eigenvalue weighted by molar-refractivity contribution is 7.80. The number of aromatic nitrogens is 1. The summed E-state index contributed by atoms with van der Waals surface area (Å²) in [6, 6.07) is 3.48. The Hall–Kier alpha value is -1.95. The summed E-state index contributed by atoms with van der Waals surface area (Å²) in [4.78, 5) is 16.6. The second-order valence-electron chi connectivity index (χ2n) is 6.23. The van der Waals surface area contributed by atoms with Gasteiger partial charge in [-0.1, -0.05) is 11.6 Å².